The molecule has 0 N–H and O–H groups in total. The quantitative estimate of drug-likeness (QED) is 0.247. The fraction of sp³-hybridized carbons (Fsp3) is 0.955. The van der Waals surface area contributed by atoms with Gasteiger partial charge in [0.1, 0.15) is 0 Å². The van der Waals surface area contributed by atoms with Crippen LogP contribution in [-0.4, -0.2) is 25.4 Å². The van der Waals surface area contributed by atoms with Gasteiger partial charge in [-0.15, -0.1) is 0 Å². The van der Waals surface area contributed by atoms with E-state index < -0.39 is 0 Å². The molecular formula is C22H45O2. The fourth-order valence-corrected chi connectivity index (χ4v) is 3.30. The maximum Gasteiger partial charge on any atom is 0.0578 e. The second-order valence-electron chi connectivity index (χ2n) is 7.50. The lowest BCUT2D eigenvalue weighted by molar-refractivity contribution is -0.00397. The predicted octanol–water partition coefficient (Wildman–Crippen LogP) is 7.11. The smallest absolute Gasteiger partial charge is 0.0578 e. The average Bonchev–Trinajstić information content (AvgIpc) is 2.56. The molecule has 2 unspecified atom stereocenters. The van der Waals surface area contributed by atoms with Gasteiger partial charge >= 0.3 is 0 Å². The molecule has 0 saturated heterocycles. The third kappa shape index (κ3) is 15.4. The van der Waals surface area contributed by atoms with Crippen LogP contribution in [0.4, 0.5) is 0 Å². The first kappa shape index (κ1) is 23.9. The average molecular weight is 342 g/mol. The minimum absolute atomic E-state index is 0.364. The van der Waals surface area contributed by atoms with Crippen molar-refractivity contribution in [2.45, 2.75) is 129 Å². The number of ether oxygens (including phenoxy) is 2. The van der Waals surface area contributed by atoms with Gasteiger partial charge in [0.2, 0.25) is 0 Å². The zero-order valence-corrected chi connectivity index (χ0v) is 17.2. The first-order valence-corrected chi connectivity index (χ1v) is 10.6. The Morgan fingerprint density at radius 1 is 0.708 bits per heavy atom. The van der Waals surface area contributed by atoms with Gasteiger partial charge in [-0.3, -0.25) is 0 Å². The van der Waals surface area contributed by atoms with Crippen LogP contribution in [0.15, 0.2) is 0 Å². The van der Waals surface area contributed by atoms with Gasteiger partial charge in [0.25, 0.3) is 0 Å². The molecule has 0 rings (SSSR count). The van der Waals surface area contributed by atoms with Gasteiger partial charge in [-0.2, -0.15) is 0 Å². The summed E-state index contributed by atoms with van der Waals surface area (Å²) in [5.41, 5.74) is 0. The molecule has 2 nitrogen and oxygen atoms in total. The van der Waals surface area contributed by atoms with Crippen molar-refractivity contribution in [2.75, 3.05) is 7.11 Å². The number of hydrogen-bond donors (Lipinski definition) is 0. The molecule has 0 aliphatic rings. The van der Waals surface area contributed by atoms with Crippen molar-refractivity contribution in [3.63, 3.8) is 0 Å². The molecule has 0 heterocycles. The minimum atomic E-state index is 0.364. The van der Waals surface area contributed by atoms with E-state index in [0.717, 1.165) is 6.42 Å². The van der Waals surface area contributed by atoms with Gasteiger partial charge in [0.05, 0.1) is 18.3 Å². The summed E-state index contributed by atoms with van der Waals surface area (Å²) < 4.78 is 11.5. The van der Waals surface area contributed by atoms with E-state index in [-0.39, 0.29) is 0 Å². The summed E-state index contributed by atoms with van der Waals surface area (Å²) >= 11 is 0. The summed E-state index contributed by atoms with van der Waals surface area (Å²) in [6.07, 6.45) is 19.2. The Morgan fingerprint density at radius 3 is 1.58 bits per heavy atom. The van der Waals surface area contributed by atoms with E-state index in [0.29, 0.717) is 18.3 Å². The zero-order chi connectivity index (χ0) is 18.0. The molecule has 0 fully saturated rings. The largest absolute Gasteiger partial charge is 0.381 e. The second-order valence-corrected chi connectivity index (χ2v) is 7.50. The van der Waals surface area contributed by atoms with Crippen LogP contribution in [0.3, 0.4) is 0 Å². The van der Waals surface area contributed by atoms with E-state index in [2.05, 4.69) is 27.7 Å². The third-order valence-electron chi connectivity index (χ3n) is 4.80. The fourth-order valence-electron chi connectivity index (χ4n) is 3.30. The number of hydrogen-bond acceptors (Lipinski definition) is 2. The minimum Gasteiger partial charge on any atom is -0.381 e. The van der Waals surface area contributed by atoms with Crippen molar-refractivity contribution in [1.29, 1.82) is 0 Å². The van der Waals surface area contributed by atoms with Crippen LogP contribution < -0.4 is 0 Å². The number of unbranched alkanes of at least 4 members (excludes halogenated alkanes) is 8. The van der Waals surface area contributed by atoms with Crippen molar-refractivity contribution < 1.29 is 9.47 Å². The predicted molar refractivity (Wildman–Crippen MR) is 106 cm³/mol. The van der Waals surface area contributed by atoms with Crippen LogP contribution in [0, 0.1) is 6.92 Å². The Morgan fingerprint density at radius 2 is 1.17 bits per heavy atom. The summed E-state index contributed by atoms with van der Waals surface area (Å²) in [6.45, 7) is 10.5. The lowest BCUT2D eigenvalue weighted by atomic mass is 10.0. The van der Waals surface area contributed by atoms with Gasteiger partial charge in [-0.05, 0) is 39.5 Å². The van der Waals surface area contributed by atoms with Gasteiger partial charge in [0, 0.05) is 7.11 Å². The molecule has 2 atom stereocenters. The van der Waals surface area contributed by atoms with Crippen LogP contribution in [0.2, 0.25) is 0 Å². The Balaban J connectivity index is 3.60. The SMILES string of the molecule is [CH2]CC(CCCCCCCCC(CCCCCC)OC(C)C)OC. The molecule has 2 heteroatoms. The molecule has 0 saturated carbocycles. The molecule has 0 spiro atoms. The Bertz CT molecular complexity index is 236. The van der Waals surface area contributed by atoms with Gasteiger partial charge in [-0.25, -0.2) is 0 Å². The van der Waals surface area contributed by atoms with Gasteiger partial charge < -0.3 is 9.47 Å². The van der Waals surface area contributed by atoms with Crippen molar-refractivity contribution in [2.24, 2.45) is 0 Å². The van der Waals surface area contributed by atoms with Crippen LogP contribution in [0.1, 0.15) is 111 Å². The molecule has 0 aliphatic carbocycles. The Kier molecular flexibility index (Phi) is 17.7. The maximum absolute atomic E-state index is 6.11. The van der Waals surface area contributed by atoms with E-state index in [1.807, 2.05) is 0 Å². The second kappa shape index (κ2) is 17.7. The molecule has 145 valence electrons. The van der Waals surface area contributed by atoms with Crippen molar-refractivity contribution in [1.82, 2.24) is 0 Å². The molecule has 24 heavy (non-hydrogen) atoms. The molecule has 1 radical (unpaired) electrons. The van der Waals surface area contributed by atoms with E-state index in [1.54, 1.807) is 7.11 Å². The lowest BCUT2D eigenvalue weighted by Crippen LogP contribution is -2.18. The van der Waals surface area contributed by atoms with Gasteiger partial charge in [-0.1, -0.05) is 78.1 Å². The maximum atomic E-state index is 6.11. The monoisotopic (exact) mass is 341 g/mol. The molecular weight excluding hydrogens is 296 g/mol. The molecule has 0 aliphatic heterocycles. The zero-order valence-electron chi connectivity index (χ0n) is 17.2. The molecule has 0 aromatic carbocycles. The van der Waals surface area contributed by atoms with Crippen LogP contribution in [0.25, 0.3) is 0 Å². The Labute approximate surface area is 153 Å². The third-order valence-corrected chi connectivity index (χ3v) is 4.80. The summed E-state index contributed by atoms with van der Waals surface area (Å²) in [7, 11) is 1.80. The van der Waals surface area contributed by atoms with Crippen molar-refractivity contribution >= 4 is 0 Å². The topological polar surface area (TPSA) is 18.5 Å². The summed E-state index contributed by atoms with van der Waals surface area (Å²) in [5, 5.41) is 0. The standard InChI is InChI=1S/C22H45O2/c1-6-8-9-14-18-22(24-20(3)4)19-16-13-11-10-12-15-17-21(7-2)23-5/h20-22H,2,6-19H2,1,3-5H3. The van der Waals surface area contributed by atoms with Gasteiger partial charge in [0.15, 0.2) is 0 Å². The molecule has 0 amide bonds. The highest BCUT2D eigenvalue weighted by molar-refractivity contribution is 4.62. The first-order chi connectivity index (χ1) is 11.6. The lowest BCUT2D eigenvalue weighted by Gasteiger charge is -2.20. The summed E-state index contributed by atoms with van der Waals surface area (Å²) in [4.78, 5) is 0. The van der Waals surface area contributed by atoms with Crippen molar-refractivity contribution in [3.05, 3.63) is 6.92 Å². The summed E-state index contributed by atoms with van der Waals surface area (Å²) in [6, 6.07) is 0. The highest BCUT2D eigenvalue weighted by Crippen LogP contribution is 2.18. The van der Waals surface area contributed by atoms with Crippen LogP contribution in [-0.2, 0) is 9.47 Å². The Hall–Kier alpha value is -0.0800. The highest BCUT2D eigenvalue weighted by Gasteiger charge is 2.10. The van der Waals surface area contributed by atoms with Crippen LogP contribution >= 0.6 is 0 Å². The van der Waals surface area contributed by atoms with Crippen molar-refractivity contribution in [3.8, 4) is 0 Å². The summed E-state index contributed by atoms with van der Waals surface area (Å²) in [5.74, 6) is 0. The number of methoxy groups -OCH3 is 1. The van der Waals surface area contributed by atoms with E-state index in [1.165, 1.54) is 83.5 Å². The molecule has 0 bridgehead atoms. The number of rotatable bonds is 18. The normalized spacial score (nSPS) is 14.2. The van der Waals surface area contributed by atoms with E-state index in [9.17, 15) is 0 Å². The molecule has 0 aromatic rings. The highest BCUT2D eigenvalue weighted by atomic mass is 16.5. The van der Waals surface area contributed by atoms with Crippen LogP contribution in [0.5, 0.6) is 0 Å². The molecule has 0 aromatic heterocycles. The van der Waals surface area contributed by atoms with E-state index >= 15 is 0 Å². The first-order valence-electron chi connectivity index (χ1n) is 10.6. The van der Waals surface area contributed by atoms with E-state index in [4.69, 9.17) is 9.47 Å².